The Hall–Kier alpha value is -1.84. The summed E-state index contributed by atoms with van der Waals surface area (Å²) in [4.78, 5) is 11.4. The number of sulfonamides is 1. The first-order chi connectivity index (χ1) is 13.0. The molecular weight excluding hydrogens is 370 g/mol. The normalized spacial score (nSPS) is 18.2. The van der Waals surface area contributed by atoms with Gasteiger partial charge in [0.1, 0.15) is 16.4 Å². The summed E-state index contributed by atoms with van der Waals surface area (Å²) in [6.45, 7) is 0.720. The Morgan fingerprint density at radius 1 is 1.19 bits per heavy atom. The van der Waals surface area contributed by atoms with Crippen LogP contribution >= 0.6 is 0 Å². The van der Waals surface area contributed by atoms with Crippen LogP contribution in [0, 0.1) is 0 Å². The summed E-state index contributed by atoms with van der Waals surface area (Å²) in [6, 6.07) is 3.31. The van der Waals surface area contributed by atoms with Crippen molar-refractivity contribution in [1.82, 2.24) is 10.0 Å². The fourth-order valence-corrected chi connectivity index (χ4v) is 4.68. The first-order valence-electron chi connectivity index (χ1n) is 9.37. The van der Waals surface area contributed by atoms with Gasteiger partial charge in [-0.05, 0) is 12.8 Å². The summed E-state index contributed by atoms with van der Waals surface area (Å²) >= 11 is 0. The number of anilines is 1. The van der Waals surface area contributed by atoms with Gasteiger partial charge < -0.3 is 20.1 Å². The van der Waals surface area contributed by atoms with E-state index in [2.05, 4.69) is 15.4 Å². The minimum Gasteiger partial charge on any atom is -0.495 e. The first kappa shape index (κ1) is 19.9. The number of benzene rings is 1. The van der Waals surface area contributed by atoms with Gasteiger partial charge in [-0.15, -0.1) is 0 Å². The zero-order valence-electron chi connectivity index (χ0n) is 15.5. The fraction of sp³-hybridized carbons (Fsp3) is 0.611. The third-order valence-corrected chi connectivity index (χ3v) is 6.38. The van der Waals surface area contributed by atoms with Gasteiger partial charge in [-0.3, -0.25) is 4.79 Å². The second-order valence-electron chi connectivity index (χ2n) is 6.88. The standard InChI is InChI=1S/C18H27N3O5S/c1-25-16-10-14-15(26-12-18(22)21-14)11-17(16)27(23,24)20-9-8-19-13-6-4-2-3-5-7-13/h10-11,13,19-20H,2-9,12H2,1H3,(H,21,22). The molecule has 1 aromatic carbocycles. The summed E-state index contributed by atoms with van der Waals surface area (Å²) in [5.74, 6) is 0.180. The van der Waals surface area contributed by atoms with Crippen LogP contribution in [-0.2, 0) is 14.8 Å². The zero-order valence-corrected chi connectivity index (χ0v) is 16.4. The average Bonchev–Trinajstić information content (AvgIpc) is 2.93. The highest BCUT2D eigenvalue weighted by Gasteiger charge is 2.25. The Morgan fingerprint density at radius 3 is 2.63 bits per heavy atom. The third kappa shape index (κ3) is 5.12. The number of carbonyl (C=O) groups is 1. The topological polar surface area (TPSA) is 106 Å². The molecule has 1 heterocycles. The first-order valence-corrected chi connectivity index (χ1v) is 10.9. The van der Waals surface area contributed by atoms with Crippen LogP contribution in [0.3, 0.4) is 0 Å². The molecule has 2 aliphatic rings. The van der Waals surface area contributed by atoms with Crippen molar-refractivity contribution in [2.75, 3.05) is 32.1 Å². The van der Waals surface area contributed by atoms with Crippen LogP contribution in [0.1, 0.15) is 38.5 Å². The lowest BCUT2D eigenvalue weighted by molar-refractivity contribution is -0.118. The number of carbonyl (C=O) groups excluding carboxylic acids is 1. The van der Waals surface area contributed by atoms with Crippen molar-refractivity contribution in [2.24, 2.45) is 0 Å². The molecule has 1 amide bonds. The highest BCUT2D eigenvalue weighted by molar-refractivity contribution is 7.89. The number of methoxy groups -OCH3 is 1. The molecular formula is C18H27N3O5S. The molecule has 0 bridgehead atoms. The Morgan fingerprint density at radius 2 is 1.93 bits per heavy atom. The van der Waals surface area contributed by atoms with Crippen LogP contribution in [0.5, 0.6) is 11.5 Å². The van der Waals surface area contributed by atoms with Gasteiger partial charge >= 0.3 is 0 Å². The van der Waals surface area contributed by atoms with Crippen LogP contribution in [0.4, 0.5) is 5.69 Å². The summed E-state index contributed by atoms with van der Waals surface area (Å²) in [5.41, 5.74) is 0.400. The molecule has 0 saturated heterocycles. The minimum absolute atomic E-state index is 0.00522. The summed E-state index contributed by atoms with van der Waals surface area (Å²) in [7, 11) is -2.38. The number of nitrogens with one attached hydrogen (secondary N) is 3. The lowest BCUT2D eigenvalue weighted by Crippen LogP contribution is -2.37. The molecule has 3 N–H and O–H groups in total. The van der Waals surface area contributed by atoms with Crippen molar-refractivity contribution < 1.29 is 22.7 Å². The molecule has 1 fully saturated rings. The number of ether oxygens (including phenoxy) is 2. The second-order valence-corrected chi connectivity index (χ2v) is 8.61. The predicted octanol–water partition coefficient (Wildman–Crippen LogP) is 1.62. The molecule has 9 heteroatoms. The van der Waals surface area contributed by atoms with Gasteiger partial charge in [0.25, 0.3) is 5.91 Å². The van der Waals surface area contributed by atoms with Gasteiger partial charge in [0, 0.05) is 31.3 Å². The molecule has 0 unspecified atom stereocenters. The molecule has 0 aromatic heterocycles. The SMILES string of the molecule is COc1cc2c(cc1S(=O)(=O)NCCNC1CCCCCC1)OCC(=O)N2. The van der Waals surface area contributed by atoms with Crippen LogP contribution in [0.2, 0.25) is 0 Å². The summed E-state index contributed by atoms with van der Waals surface area (Å²) in [5, 5.41) is 6.08. The van der Waals surface area contributed by atoms with E-state index in [0.29, 0.717) is 24.0 Å². The molecule has 1 aliphatic carbocycles. The quantitative estimate of drug-likeness (QED) is 0.477. The molecule has 1 saturated carbocycles. The maximum absolute atomic E-state index is 12.7. The van der Waals surface area contributed by atoms with E-state index < -0.39 is 10.0 Å². The van der Waals surface area contributed by atoms with E-state index in [1.807, 2.05) is 0 Å². The Labute approximate surface area is 160 Å². The smallest absolute Gasteiger partial charge is 0.262 e. The van der Waals surface area contributed by atoms with Gasteiger partial charge in [0.05, 0.1) is 12.8 Å². The Balaban J connectivity index is 1.63. The molecule has 0 spiro atoms. The monoisotopic (exact) mass is 397 g/mol. The van der Waals surface area contributed by atoms with Gasteiger partial charge in [-0.2, -0.15) is 0 Å². The van der Waals surface area contributed by atoms with Crippen LogP contribution in [0.15, 0.2) is 17.0 Å². The number of amides is 1. The zero-order chi connectivity index (χ0) is 19.3. The molecule has 150 valence electrons. The molecule has 3 rings (SSSR count). The largest absolute Gasteiger partial charge is 0.495 e. The van der Waals surface area contributed by atoms with E-state index in [-0.39, 0.29) is 29.7 Å². The van der Waals surface area contributed by atoms with Crippen molar-refractivity contribution in [1.29, 1.82) is 0 Å². The molecule has 8 nitrogen and oxygen atoms in total. The number of rotatable bonds is 7. The van der Waals surface area contributed by atoms with Gasteiger partial charge in [0.2, 0.25) is 10.0 Å². The number of fused-ring (bicyclic) bond motifs is 1. The Bertz CT molecular complexity index is 773. The predicted molar refractivity (Wildman–Crippen MR) is 102 cm³/mol. The lowest BCUT2D eigenvalue weighted by atomic mass is 10.1. The molecule has 0 radical (unpaired) electrons. The number of hydrogen-bond donors (Lipinski definition) is 3. The third-order valence-electron chi connectivity index (χ3n) is 4.89. The van der Waals surface area contributed by atoms with Crippen LogP contribution in [0.25, 0.3) is 0 Å². The molecule has 0 atom stereocenters. The maximum Gasteiger partial charge on any atom is 0.262 e. The highest BCUT2D eigenvalue weighted by Crippen LogP contribution is 2.37. The maximum atomic E-state index is 12.7. The fourth-order valence-electron chi connectivity index (χ4n) is 3.48. The average molecular weight is 397 g/mol. The van der Waals surface area contributed by atoms with E-state index in [0.717, 1.165) is 12.8 Å². The van der Waals surface area contributed by atoms with E-state index in [9.17, 15) is 13.2 Å². The van der Waals surface area contributed by atoms with Crippen molar-refractivity contribution in [3.05, 3.63) is 12.1 Å². The van der Waals surface area contributed by atoms with E-state index >= 15 is 0 Å². The molecule has 27 heavy (non-hydrogen) atoms. The van der Waals surface area contributed by atoms with E-state index in [4.69, 9.17) is 9.47 Å². The van der Waals surface area contributed by atoms with Gasteiger partial charge in [0.15, 0.2) is 6.61 Å². The molecule has 1 aliphatic heterocycles. The van der Waals surface area contributed by atoms with Crippen LogP contribution < -0.4 is 24.8 Å². The van der Waals surface area contributed by atoms with Crippen molar-refractivity contribution >= 4 is 21.6 Å². The van der Waals surface area contributed by atoms with E-state index in [1.54, 1.807) is 0 Å². The van der Waals surface area contributed by atoms with Gasteiger partial charge in [-0.1, -0.05) is 25.7 Å². The van der Waals surface area contributed by atoms with Gasteiger partial charge in [-0.25, -0.2) is 13.1 Å². The lowest BCUT2D eigenvalue weighted by Gasteiger charge is -2.21. The summed E-state index contributed by atoms with van der Waals surface area (Å²) in [6.07, 6.45) is 7.32. The Kier molecular flexibility index (Phi) is 6.56. The van der Waals surface area contributed by atoms with Crippen molar-refractivity contribution in [3.63, 3.8) is 0 Å². The molecule has 1 aromatic rings. The van der Waals surface area contributed by atoms with Crippen molar-refractivity contribution in [3.8, 4) is 11.5 Å². The highest BCUT2D eigenvalue weighted by atomic mass is 32.2. The summed E-state index contributed by atoms with van der Waals surface area (Å²) < 4.78 is 38.5. The number of hydrogen-bond acceptors (Lipinski definition) is 6. The van der Waals surface area contributed by atoms with Crippen LogP contribution in [-0.4, -0.2) is 47.2 Å². The van der Waals surface area contributed by atoms with E-state index in [1.165, 1.54) is 44.9 Å². The van der Waals surface area contributed by atoms with Crippen molar-refractivity contribution in [2.45, 2.75) is 49.5 Å². The minimum atomic E-state index is -3.77. The second kappa shape index (κ2) is 8.90.